The van der Waals surface area contributed by atoms with Crippen molar-refractivity contribution in [1.82, 2.24) is 20.4 Å². The molecule has 0 unspecified atom stereocenters. The van der Waals surface area contributed by atoms with Crippen LogP contribution < -0.4 is 5.32 Å². The highest BCUT2D eigenvalue weighted by molar-refractivity contribution is 5.20. The maximum Gasteiger partial charge on any atom is 0.0673 e. The normalized spacial score (nSPS) is 11.1. The maximum atomic E-state index is 4.23. The van der Waals surface area contributed by atoms with Crippen LogP contribution in [0, 0.1) is 6.92 Å². The number of hydrogen-bond acceptors (Lipinski definition) is 4. The molecule has 0 spiro atoms. The van der Waals surface area contributed by atoms with E-state index in [4.69, 9.17) is 0 Å². The van der Waals surface area contributed by atoms with Gasteiger partial charge in [0, 0.05) is 19.6 Å². The van der Waals surface area contributed by atoms with Crippen LogP contribution in [0.3, 0.4) is 0 Å². The second-order valence-electron chi connectivity index (χ2n) is 4.38. The van der Waals surface area contributed by atoms with E-state index in [1.807, 2.05) is 6.92 Å². The summed E-state index contributed by atoms with van der Waals surface area (Å²) in [4.78, 5) is 2.30. The average Bonchev–Trinajstić information content (AvgIpc) is 2.34. The summed E-state index contributed by atoms with van der Waals surface area (Å²) in [7, 11) is 2.14. The number of nitrogens with zero attached hydrogens (tertiary/aromatic N) is 3. The predicted molar refractivity (Wildman–Crippen MR) is 71.0 cm³/mol. The molecule has 4 heteroatoms. The quantitative estimate of drug-likeness (QED) is 0.726. The van der Waals surface area contributed by atoms with Crippen LogP contribution in [-0.4, -0.2) is 41.8 Å². The van der Waals surface area contributed by atoms with Crippen molar-refractivity contribution in [3.05, 3.63) is 23.0 Å². The predicted octanol–water partition coefficient (Wildman–Crippen LogP) is 1.39. The highest BCUT2D eigenvalue weighted by Crippen LogP contribution is 2.06. The van der Waals surface area contributed by atoms with Crippen LogP contribution >= 0.6 is 0 Å². The lowest BCUT2D eigenvalue weighted by atomic mass is 10.1. The van der Waals surface area contributed by atoms with Gasteiger partial charge in [-0.2, -0.15) is 10.2 Å². The Hall–Kier alpha value is -1.00. The zero-order valence-electron chi connectivity index (χ0n) is 11.5. The first-order chi connectivity index (χ1) is 8.17. The third-order valence-electron chi connectivity index (χ3n) is 2.94. The molecule has 0 fully saturated rings. The molecule has 4 nitrogen and oxygen atoms in total. The van der Waals surface area contributed by atoms with Gasteiger partial charge >= 0.3 is 0 Å². The van der Waals surface area contributed by atoms with Gasteiger partial charge < -0.3 is 10.2 Å². The molecule has 0 aromatic carbocycles. The van der Waals surface area contributed by atoms with Gasteiger partial charge in [-0.1, -0.05) is 13.8 Å². The fourth-order valence-electron chi connectivity index (χ4n) is 1.67. The van der Waals surface area contributed by atoms with Gasteiger partial charge in [-0.25, -0.2) is 0 Å². The van der Waals surface area contributed by atoms with Crippen LogP contribution in [0.25, 0.3) is 0 Å². The van der Waals surface area contributed by atoms with Gasteiger partial charge in [-0.15, -0.1) is 0 Å². The minimum Gasteiger partial charge on any atom is -0.311 e. The van der Waals surface area contributed by atoms with E-state index in [9.17, 15) is 0 Å². The van der Waals surface area contributed by atoms with E-state index < -0.39 is 0 Å². The van der Waals surface area contributed by atoms with Crippen molar-refractivity contribution in [3.8, 4) is 0 Å². The van der Waals surface area contributed by atoms with Gasteiger partial charge in [0.2, 0.25) is 0 Å². The zero-order valence-corrected chi connectivity index (χ0v) is 11.5. The molecule has 0 bridgehead atoms. The summed E-state index contributed by atoms with van der Waals surface area (Å²) >= 11 is 0. The third-order valence-corrected chi connectivity index (χ3v) is 2.94. The number of aromatic nitrogens is 2. The Morgan fingerprint density at radius 1 is 1.29 bits per heavy atom. The first-order valence-electron chi connectivity index (χ1n) is 6.38. The second kappa shape index (κ2) is 7.35. The lowest BCUT2D eigenvalue weighted by molar-refractivity contribution is 0.349. The Kier molecular flexibility index (Phi) is 6.08. The molecule has 0 amide bonds. The van der Waals surface area contributed by atoms with Crippen molar-refractivity contribution in [1.29, 1.82) is 0 Å². The highest BCUT2D eigenvalue weighted by Gasteiger charge is 2.03. The van der Waals surface area contributed by atoms with Crippen LogP contribution in [0.5, 0.6) is 0 Å². The molecule has 0 radical (unpaired) electrons. The van der Waals surface area contributed by atoms with E-state index in [1.54, 1.807) is 0 Å². The molecule has 0 atom stereocenters. The van der Waals surface area contributed by atoms with Crippen molar-refractivity contribution >= 4 is 0 Å². The van der Waals surface area contributed by atoms with Gasteiger partial charge in [0.05, 0.1) is 11.4 Å². The van der Waals surface area contributed by atoms with Gasteiger partial charge in [0.1, 0.15) is 0 Å². The molecule has 1 rings (SSSR count). The van der Waals surface area contributed by atoms with E-state index in [2.05, 4.69) is 47.4 Å². The summed E-state index contributed by atoms with van der Waals surface area (Å²) in [5.74, 6) is 0. The molecule has 1 N–H and O–H groups in total. The monoisotopic (exact) mass is 236 g/mol. The number of hydrogen-bond donors (Lipinski definition) is 1. The first-order valence-corrected chi connectivity index (χ1v) is 6.38. The topological polar surface area (TPSA) is 41.1 Å². The molecule has 0 saturated heterocycles. The van der Waals surface area contributed by atoms with Gasteiger partial charge in [0.25, 0.3) is 0 Å². The Balaban J connectivity index is 2.42. The van der Waals surface area contributed by atoms with E-state index in [0.717, 1.165) is 44.0 Å². The third kappa shape index (κ3) is 4.79. The lowest BCUT2D eigenvalue weighted by Crippen LogP contribution is -2.29. The van der Waals surface area contributed by atoms with Crippen LogP contribution in [0.1, 0.15) is 30.8 Å². The minimum atomic E-state index is 0.886. The van der Waals surface area contributed by atoms with E-state index in [1.165, 1.54) is 5.56 Å². The number of aryl methyl sites for hydroxylation is 2. The van der Waals surface area contributed by atoms with Crippen molar-refractivity contribution in [2.45, 2.75) is 33.7 Å². The molecule has 1 heterocycles. The smallest absolute Gasteiger partial charge is 0.0673 e. The molecular weight excluding hydrogens is 212 g/mol. The molecule has 1 aromatic heterocycles. The van der Waals surface area contributed by atoms with Crippen molar-refractivity contribution in [2.75, 3.05) is 26.7 Å². The fraction of sp³-hybridized carbons (Fsp3) is 0.692. The molecule has 17 heavy (non-hydrogen) atoms. The number of nitrogens with one attached hydrogen (secondary N) is 1. The Morgan fingerprint density at radius 3 is 2.71 bits per heavy atom. The van der Waals surface area contributed by atoms with E-state index in [-0.39, 0.29) is 0 Å². The van der Waals surface area contributed by atoms with Gasteiger partial charge in [0.15, 0.2) is 0 Å². The molecule has 1 aromatic rings. The van der Waals surface area contributed by atoms with Crippen LogP contribution in [-0.2, 0) is 13.0 Å². The average molecular weight is 236 g/mol. The van der Waals surface area contributed by atoms with Crippen LogP contribution in [0.2, 0.25) is 0 Å². The van der Waals surface area contributed by atoms with Crippen molar-refractivity contribution in [2.24, 2.45) is 0 Å². The number of rotatable bonds is 7. The van der Waals surface area contributed by atoms with Gasteiger partial charge in [-0.3, -0.25) is 0 Å². The summed E-state index contributed by atoms with van der Waals surface area (Å²) in [5, 5.41) is 11.8. The minimum absolute atomic E-state index is 0.886. The molecule has 96 valence electrons. The summed E-state index contributed by atoms with van der Waals surface area (Å²) in [5.41, 5.74) is 3.37. The fourth-order valence-corrected chi connectivity index (χ4v) is 1.67. The Labute approximate surface area is 104 Å². The molecule has 0 saturated carbocycles. The SMILES string of the molecule is CCc1nnc(C)cc1CNCCN(C)CC. The standard InChI is InChI=1S/C13H24N4/c1-5-13-12(9-11(3)15-16-13)10-14-7-8-17(4)6-2/h9,14H,5-8,10H2,1-4H3. The van der Waals surface area contributed by atoms with Crippen molar-refractivity contribution < 1.29 is 0 Å². The molecule has 0 aliphatic rings. The maximum absolute atomic E-state index is 4.23. The number of likely N-dealkylation sites (N-methyl/N-ethyl adjacent to an activating group) is 1. The second-order valence-corrected chi connectivity index (χ2v) is 4.38. The first kappa shape index (κ1) is 14.1. The lowest BCUT2D eigenvalue weighted by Gasteiger charge is -2.14. The molecule has 0 aliphatic carbocycles. The zero-order chi connectivity index (χ0) is 12.7. The Morgan fingerprint density at radius 2 is 2.06 bits per heavy atom. The summed E-state index contributed by atoms with van der Waals surface area (Å²) in [6, 6.07) is 2.13. The summed E-state index contributed by atoms with van der Waals surface area (Å²) < 4.78 is 0. The van der Waals surface area contributed by atoms with Crippen LogP contribution in [0.4, 0.5) is 0 Å². The summed E-state index contributed by atoms with van der Waals surface area (Å²) in [6.07, 6.45) is 0.944. The Bertz CT molecular complexity index is 338. The largest absolute Gasteiger partial charge is 0.311 e. The van der Waals surface area contributed by atoms with Crippen LogP contribution in [0.15, 0.2) is 6.07 Å². The van der Waals surface area contributed by atoms with Gasteiger partial charge in [-0.05, 0) is 38.6 Å². The van der Waals surface area contributed by atoms with Crippen molar-refractivity contribution in [3.63, 3.8) is 0 Å². The summed E-state index contributed by atoms with van der Waals surface area (Å²) in [6.45, 7) is 10.3. The highest BCUT2D eigenvalue weighted by atomic mass is 15.1. The molecular formula is C13H24N4. The molecule has 0 aliphatic heterocycles. The van der Waals surface area contributed by atoms with E-state index in [0.29, 0.717) is 0 Å². The van der Waals surface area contributed by atoms with E-state index >= 15 is 0 Å².